The Morgan fingerprint density at radius 3 is 1.83 bits per heavy atom. The van der Waals surface area contributed by atoms with E-state index >= 15 is 0 Å². The molecule has 0 aromatic heterocycles. The average molecular weight is 346 g/mol. The molecule has 10 heteroatoms. The fraction of sp³-hybridized carbons (Fsp3) is 0.643. The molecule has 0 aromatic rings. The predicted molar refractivity (Wildman–Crippen MR) is 79.5 cm³/mol. The molecule has 136 valence electrons. The molecular weight excluding hydrogens is 324 g/mol. The van der Waals surface area contributed by atoms with Gasteiger partial charge in [0.25, 0.3) is 5.91 Å². The largest absolute Gasteiger partial charge is 0.465 e. The molecule has 2 N–H and O–H groups in total. The van der Waals surface area contributed by atoms with Crippen molar-refractivity contribution in [1.82, 2.24) is 10.6 Å². The third-order valence-electron chi connectivity index (χ3n) is 2.42. The van der Waals surface area contributed by atoms with E-state index in [2.05, 4.69) is 20.1 Å². The quantitative estimate of drug-likeness (QED) is 0.366. The van der Waals surface area contributed by atoms with Gasteiger partial charge in [-0.3, -0.25) is 24.0 Å². The third kappa shape index (κ3) is 10.1. The molecular formula is C14H22N2O8. The van der Waals surface area contributed by atoms with E-state index in [0.717, 1.165) is 6.92 Å². The van der Waals surface area contributed by atoms with Crippen molar-refractivity contribution in [2.24, 2.45) is 0 Å². The number of hydrogen-bond acceptors (Lipinski definition) is 8. The first-order valence-electron chi connectivity index (χ1n) is 7.32. The van der Waals surface area contributed by atoms with E-state index in [0.29, 0.717) is 0 Å². The van der Waals surface area contributed by atoms with Crippen LogP contribution in [0.5, 0.6) is 0 Å². The minimum Gasteiger partial charge on any atom is -0.465 e. The topological polar surface area (TPSA) is 137 Å². The van der Waals surface area contributed by atoms with E-state index in [4.69, 9.17) is 4.74 Å². The minimum atomic E-state index is -1.43. The SMILES string of the molecule is CCOC(=O)CNC(=O)CC(OC(C)=O)C(=O)NCC(=O)OCC. The number of esters is 3. The van der Waals surface area contributed by atoms with Gasteiger partial charge in [-0.05, 0) is 13.8 Å². The Morgan fingerprint density at radius 2 is 1.38 bits per heavy atom. The zero-order valence-electron chi connectivity index (χ0n) is 13.9. The molecule has 1 unspecified atom stereocenters. The molecule has 0 radical (unpaired) electrons. The highest BCUT2D eigenvalue weighted by atomic mass is 16.6. The number of nitrogens with one attached hydrogen (secondary N) is 2. The first-order valence-corrected chi connectivity index (χ1v) is 7.32. The van der Waals surface area contributed by atoms with Crippen LogP contribution >= 0.6 is 0 Å². The van der Waals surface area contributed by atoms with Crippen molar-refractivity contribution in [3.63, 3.8) is 0 Å². The van der Waals surface area contributed by atoms with E-state index in [1.54, 1.807) is 13.8 Å². The van der Waals surface area contributed by atoms with Crippen molar-refractivity contribution in [1.29, 1.82) is 0 Å². The summed E-state index contributed by atoms with van der Waals surface area (Å²) in [6, 6.07) is 0. The highest BCUT2D eigenvalue weighted by Gasteiger charge is 2.25. The maximum atomic E-state index is 11.9. The summed E-state index contributed by atoms with van der Waals surface area (Å²) in [7, 11) is 0. The van der Waals surface area contributed by atoms with Crippen LogP contribution in [0.25, 0.3) is 0 Å². The molecule has 0 bridgehead atoms. The molecule has 0 aliphatic carbocycles. The van der Waals surface area contributed by atoms with E-state index in [9.17, 15) is 24.0 Å². The van der Waals surface area contributed by atoms with E-state index in [1.807, 2.05) is 0 Å². The van der Waals surface area contributed by atoms with Crippen molar-refractivity contribution < 1.29 is 38.2 Å². The third-order valence-corrected chi connectivity index (χ3v) is 2.42. The van der Waals surface area contributed by atoms with Crippen LogP contribution in [0.2, 0.25) is 0 Å². The second-order valence-corrected chi connectivity index (χ2v) is 4.41. The maximum absolute atomic E-state index is 11.9. The lowest BCUT2D eigenvalue weighted by Gasteiger charge is -2.16. The molecule has 2 amide bonds. The standard InChI is InChI=1S/C14H22N2O8/c1-4-22-12(19)7-15-11(18)6-10(24-9(3)17)14(21)16-8-13(20)23-5-2/h10H,4-8H2,1-3H3,(H,15,18)(H,16,21). The summed E-state index contributed by atoms with van der Waals surface area (Å²) in [5.41, 5.74) is 0. The first-order chi connectivity index (χ1) is 11.3. The van der Waals surface area contributed by atoms with Crippen LogP contribution in [0.4, 0.5) is 0 Å². The molecule has 0 saturated carbocycles. The molecule has 0 aliphatic heterocycles. The number of rotatable bonds is 10. The second kappa shape index (κ2) is 11.9. The van der Waals surface area contributed by atoms with Crippen molar-refractivity contribution in [3.05, 3.63) is 0 Å². The van der Waals surface area contributed by atoms with Gasteiger partial charge in [0.05, 0.1) is 19.6 Å². The van der Waals surface area contributed by atoms with Crippen LogP contribution in [0, 0.1) is 0 Å². The average Bonchev–Trinajstić information content (AvgIpc) is 2.50. The van der Waals surface area contributed by atoms with Gasteiger partial charge in [-0.2, -0.15) is 0 Å². The number of carbonyl (C=O) groups excluding carboxylic acids is 5. The monoisotopic (exact) mass is 346 g/mol. The molecule has 0 rings (SSSR count). The van der Waals surface area contributed by atoms with Gasteiger partial charge in [0, 0.05) is 6.92 Å². The fourth-order valence-electron chi connectivity index (χ4n) is 1.50. The van der Waals surface area contributed by atoms with Gasteiger partial charge < -0.3 is 24.8 Å². The normalized spacial score (nSPS) is 11.0. The summed E-state index contributed by atoms with van der Waals surface area (Å²) >= 11 is 0. The molecule has 0 fully saturated rings. The number of carbonyl (C=O) groups is 5. The molecule has 0 saturated heterocycles. The Bertz CT molecular complexity index is 477. The smallest absolute Gasteiger partial charge is 0.325 e. The molecule has 0 aromatic carbocycles. The summed E-state index contributed by atoms with van der Waals surface area (Å²) in [5, 5.41) is 4.44. The zero-order valence-corrected chi connectivity index (χ0v) is 13.9. The molecule has 0 aliphatic rings. The maximum Gasteiger partial charge on any atom is 0.325 e. The Kier molecular flexibility index (Phi) is 10.5. The summed E-state index contributed by atoms with van der Waals surface area (Å²) in [6.45, 7) is 3.82. The lowest BCUT2D eigenvalue weighted by Crippen LogP contribution is -2.43. The van der Waals surface area contributed by atoms with Crippen LogP contribution in [0.1, 0.15) is 27.2 Å². The summed E-state index contributed by atoms with van der Waals surface area (Å²) in [6.07, 6.45) is -1.94. The molecule has 0 heterocycles. The summed E-state index contributed by atoms with van der Waals surface area (Å²) < 4.78 is 14.0. The molecule has 24 heavy (non-hydrogen) atoms. The fourth-order valence-corrected chi connectivity index (χ4v) is 1.50. The van der Waals surface area contributed by atoms with Crippen LogP contribution in [0.15, 0.2) is 0 Å². The number of hydrogen-bond donors (Lipinski definition) is 2. The number of amides is 2. The molecule has 1 atom stereocenters. The van der Waals surface area contributed by atoms with Gasteiger partial charge in [-0.15, -0.1) is 0 Å². The lowest BCUT2D eigenvalue weighted by atomic mass is 10.2. The Morgan fingerprint density at radius 1 is 0.875 bits per heavy atom. The van der Waals surface area contributed by atoms with Crippen molar-refractivity contribution >= 4 is 29.7 Å². The van der Waals surface area contributed by atoms with Gasteiger partial charge in [-0.25, -0.2) is 0 Å². The van der Waals surface area contributed by atoms with Gasteiger partial charge in [0.1, 0.15) is 13.1 Å². The van der Waals surface area contributed by atoms with Crippen molar-refractivity contribution in [2.45, 2.75) is 33.3 Å². The second-order valence-electron chi connectivity index (χ2n) is 4.41. The van der Waals surface area contributed by atoms with E-state index in [1.165, 1.54) is 0 Å². The van der Waals surface area contributed by atoms with Crippen LogP contribution in [-0.4, -0.2) is 62.1 Å². The molecule has 0 spiro atoms. The van der Waals surface area contributed by atoms with Crippen molar-refractivity contribution in [3.8, 4) is 0 Å². The Hall–Kier alpha value is -2.65. The summed E-state index contributed by atoms with van der Waals surface area (Å²) in [5.74, 6) is -3.60. The first kappa shape index (κ1) is 21.4. The highest BCUT2D eigenvalue weighted by Crippen LogP contribution is 2.00. The van der Waals surface area contributed by atoms with Crippen LogP contribution in [0.3, 0.4) is 0 Å². The van der Waals surface area contributed by atoms with Gasteiger partial charge in [0.2, 0.25) is 5.91 Å². The Balaban J connectivity index is 4.50. The summed E-state index contributed by atoms with van der Waals surface area (Å²) in [4.78, 5) is 56.9. The van der Waals surface area contributed by atoms with Crippen LogP contribution < -0.4 is 10.6 Å². The molecule has 10 nitrogen and oxygen atoms in total. The van der Waals surface area contributed by atoms with E-state index < -0.39 is 48.8 Å². The van der Waals surface area contributed by atoms with E-state index in [-0.39, 0.29) is 19.8 Å². The zero-order chi connectivity index (χ0) is 18.5. The predicted octanol–water partition coefficient (Wildman–Crippen LogP) is -1.33. The number of ether oxygens (including phenoxy) is 3. The Labute approximate surface area is 139 Å². The minimum absolute atomic E-state index is 0.151. The van der Waals surface area contributed by atoms with Gasteiger partial charge in [-0.1, -0.05) is 0 Å². The lowest BCUT2D eigenvalue weighted by molar-refractivity contribution is -0.156. The van der Waals surface area contributed by atoms with Gasteiger partial charge >= 0.3 is 17.9 Å². The highest BCUT2D eigenvalue weighted by molar-refractivity contribution is 5.91. The van der Waals surface area contributed by atoms with Gasteiger partial charge in [0.15, 0.2) is 6.10 Å². The van der Waals surface area contributed by atoms with Crippen LogP contribution in [-0.2, 0) is 38.2 Å². The van der Waals surface area contributed by atoms with Crippen molar-refractivity contribution in [2.75, 3.05) is 26.3 Å².